The van der Waals surface area contributed by atoms with Crippen LogP contribution in [0, 0.1) is 10.1 Å². The number of aliphatic hydroxyl groups excluding tert-OH is 2. The predicted octanol–water partition coefficient (Wildman–Crippen LogP) is 0.399. The SMILES string of the molecule is CCOC(=O)CC(O)C(O)c1ncc([N+](=O)[O-])s1. The van der Waals surface area contributed by atoms with Gasteiger partial charge >= 0.3 is 11.0 Å². The van der Waals surface area contributed by atoms with Crippen LogP contribution in [0.25, 0.3) is 0 Å². The molecule has 0 bridgehead atoms. The first-order valence-electron chi connectivity index (χ1n) is 5.07. The summed E-state index contributed by atoms with van der Waals surface area (Å²) >= 11 is 0.646. The molecule has 0 fully saturated rings. The van der Waals surface area contributed by atoms with Crippen LogP contribution >= 0.6 is 11.3 Å². The third-order valence-electron chi connectivity index (χ3n) is 1.99. The Kier molecular flexibility index (Phi) is 5.13. The van der Waals surface area contributed by atoms with Gasteiger partial charge < -0.3 is 14.9 Å². The molecular weight excluding hydrogens is 264 g/mol. The van der Waals surface area contributed by atoms with Crippen molar-refractivity contribution in [3.05, 3.63) is 21.3 Å². The van der Waals surface area contributed by atoms with E-state index in [4.69, 9.17) is 0 Å². The maximum atomic E-state index is 11.1. The Morgan fingerprint density at radius 3 is 2.83 bits per heavy atom. The summed E-state index contributed by atoms with van der Waals surface area (Å²) in [5.74, 6) is -0.657. The zero-order valence-corrected chi connectivity index (χ0v) is 10.3. The average Bonchev–Trinajstić information content (AvgIpc) is 2.77. The van der Waals surface area contributed by atoms with E-state index in [0.29, 0.717) is 11.3 Å². The van der Waals surface area contributed by atoms with Gasteiger partial charge in [-0.15, -0.1) is 0 Å². The van der Waals surface area contributed by atoms with Gasteiger partial charge in [0.2, 0.25) is 0 Å². The number of hydrogen-bond acceptors (Lipinski definition) is 8. The van der Waals surface area contributed by atoms with E-state index in [2.05, 4.69) is 9.72 Å². The van der Waals surface area contributed by atoms with Crippen molar-refractivity contribution in [2.45, 2.75) is 25.6 Å². The van der Waals surface area contributed by atoms with Crippen molar-refractivity contribution >= 4 is 22.3 Å². The molecule has 0 amide bonds. The van der Waals surface area contributed by atoms with Gasteiger partial charge in [-0.2, -0.15) is 0 Å². The molecule has 100 valence electrons. The summed E-state index contributed by atoms with van der Waals surface area (Å²) in [6.07, 6.45) is -2.27. The molecule has 0 aliphatic carbocycles. The van der Waals surface area contributed by atoms with E-state index < -0.39 is 29.5 Å². The Labute approximate surface area is 106 Å². The highest BCUT2D eigenvalue weighted by Crippen LogP contribution is 2.28. The summed E-state index contributed by atoms with van der Waals surface area (Å²) < 4.78 is 4.61. The van der Waals surface area contributed by atoms with Crippen LogP contribution in [0.15, 0.2) is 6.20 Å². The molecule has 1 heterocycles. The number of ether oxygens (including phenoxy) is 1. The van der Waals surface area contributed by atoms with Crippen LogP contribution in [-0.2, 0) is 9.53 Å². The minimum atomic E-state index is -1.45. The van der Waals surface area contributed by atoms with Gasteiger partial charge in [0.1, 0.15) is 17.3 Å². The molecule has 0 radical (unpaired) electrons. The third kappa shape index (κ3) is 3.72. The number of carbonyl (C=O) groups is 1. The molecule has 0 aromatic carbocycles. The molecule has 2 atom stereocenters. The van der Waals surface area contributed by atoms with Crippen molar-refractivity contribution in [2.24, 2.45) is 0 Å². The number of rotatable bonds is 6. The summed E-state index contributed by atoms with van der Waals surface area (Å²) in [4.78, 5) is 24.5. The number of carbonyl (C=O) groups excluding carboxylic acids is 1. The number of esters is 1. The summed E-state index contributed by atoms with van der Waals surface area (Å²) in [6, 6.07) is 0. The molecule has 2 unspecified atom stereocenters. The minimum absolute atomic E-state index is 0.0153. The zero-order chi connectivity index (χ0) is 13.7. The summed E-state index contributed by atoms with van der Waals surface area (Å²) in [7, 11) is 0. The number of aliphatic hydroxyl groups is 2. The fraction of sp³-hybridized carbons (Fsp3) is 0.556. The Morgan fingerprint density at radius 2 is 2.33 bits per heavy atom. The highest BCUT2D eigenvalue weighted by Gasteiger charge is 2.26. The number of nitro groups is 1. The molecular formula is C9H12N2O6S. The molecule has 0 saturated carbocycles. The molecule has 0 aliphatic heterocycles. The van der Waals surface area contributed by atoms with Crippen LogP contribution < -0.4 is 0 Å². The standard InChI is InChI=1S/C9H12N2O6S/c1-2-17-7(13)3-5(12)8(14)9-10-4-6(18-9)11(15)16/h4-5,8,12,14H,2-3H2,1H3. The smallest absolute Gasteiger partial charge is 0.344 e. The number of aromatic nitrogens is 1. The Morgan fingerprint density at radius 1 is 1.67 bits per heavy atom. The van der Waals surface area contributed by atoms with Crippen molar-refractivity contribution in [1.29, 1.82) is 0 Å². The highest BCUT2D eigenvalue weighted by atomic mass is 32.1. The maximum Gasteiger partial charge on any atom is 0.344 e. The highest BCUT2D eigenvalue weighted by molar-refractivity contribution is 7.14. The van der Waals surface area contributed by atoms with E-state index in [-0.39, 0.29) is 16.6 Å². The third-order valence-corrected chi connectivity index (χ3v) is 3.01. The quantitative estimate of drug-likeness (QED) is 0.438. The maximum absolute atomic E-state index is 11.1. The normalized spacial score (nSPS) is 13.9. The van der Waals surface area contributed by atoms with Crippen molar-refractivity contribution in [3.8, 4) is 0 Å². The Bertz CT molecular complexity index is 434. The Hall–Kier alpha value is -1.58. The van der Waals surface area contributed by atoms with Gasteiger partial charge in [-0.25, -0.2) is 4.98 Å². The molecule has 9 heteroatoms. The molecule has 0 aliphatic rings. The number of thiazole rings is 1. The van der Waals surface area contributed by atoms with Gasteiger partial charge in [-0.05, 0) is 18.3 Å². The first-order valence-corrected chi connectivity index (χ1v) is 5.89. The molecule has 1 rings (SSSR count). The van der Waals surface area contributed by atoms with Gasteiger partial charge in [-0.3, -0.25) is 14.9 Å². The Balaban J connectivity index is 2.64. The van der Waals surface area contributed by atoms with Gasteiger partial charge in [0.25, 0.3) is 0 Å². The van der Waals surface area contributed by atoms with Crippen molar-refractivity contribution < 1.29 is 24.7 Å². The number of hydrogen-bond donors (Lipinski definition) is 2. The first-order chi connectivity index (χ1) is 8.45. The largest absolute Gasteiger partial charge is 0.466 e. The first kappa shape index (κ1) is 14.5. The number of nitrogens with zero attached hydrogens (tertiary/aromatic N) is 2. The predicted molar refractivity (Wildman–Crippen MR) is 61.0 cm³/mol. The lowest BCUT2D eigenvalue weighted by atomic mass is 10.1. The monoisotopic (exact) mass is 276 g/mol. The van der Waals surface area contributed by atoms with E-state index in [0.717, 1.165) is 6.20 Å². The van der Waals surface area contributed by atoms with E-state index in [9.17, 15) is 25.1 Å². The second kappa shape index (κ2) is 6.38. The summed E-state index contributed by atoms with van der Waals surface area (Å²) in [6.45, 7) is 1.79. The van der Waals surface area contributed by atoms with Gasteiger partial charge in [0.05, 0.1) is 24.1 Å². The lowest BCUT2D eigenvalue weighted by Crippen LogP contribution is -2.23. The van der Waals surface area contributed by atoms with Gasteiger partial charge in [0.15, 0.2) is 0 Å². The van der Waals surface area contributed by atoms with Crippen molar-refractivity contribution in [2.75, 3.05) is 6.61 Å². The molecule has 1 aromatic heterocycles. The zero-order valence-electron chi connectivity index (χ0n) is 9.48. The molecule has 8 nitrogen and oxygen atoms in total. The summed E-state index contributed by atoms with van der Waals surface area (Å²) in [5.41, 5.74) is 0. The lowest BCUT2D eigenvalue weighted by molar-refractivity contribution is -0.380. The van der Waals surface area contributed by atoms with Crippen molar-refractivity contribution in [3.63, 3.8) is 0 Å². The topological polar surface area (TPSA) is 123 Å². The van der Waals surface area contributed by atoms with E-state index in [1.165, 1.54) is 0 Å². The van der Waals surface area contributed by atoms with Crippen LogP contribution in [0.4, 0.5) is 5.00 Å². The van der Waals surface area contributed by atoms with Crippen molar-refractivity contribution in [1.82, 2.24) is 4.98 Å². The average molecular weight is 276 g/mol. The second-order valence-corrected chi connectivity index (χ2v) is 4.36. The van der Waals surface area contributed by atoms with E-state index in [1.54, 1.807) is 6.92 Å². The molecule has 2 N–H and O–H groups in total. The fourth-order valence-corrected chi connectivity index (χ4v) is 1.94. The van der Waals surface area contributed by atoms with Gasteiger partial charge in [0, 0.05) is 0 Å². The lowest BCUT2D eigenvalue weighted by Gasteiger charge is -2.14. The molecule has 0 spiro atoms. The van der Waals surface area contributed by atoms with E-state index in [1.807, 2.05) is 0 Å². The molecule has 18 heavy (non-hydrogen) atoms. The van der Waals surface area contributed by atoms with Gasteiger partial charge in [-0.1, -0.05) is 0 Å². The molecule has 1 aromatic rings. The van der Waals surface area contributed by atoms with Crippen LogP contribution in [0.3, 0.4) is 0 Å². The van der Waals surface area contributed by atoms with Crippen LogP contribution in [0.5, 0.6) is 0 Å². The van der Waals surface area contributed by atoms with Crippen LogP contribution in [0.2, 0.25) is 0 Å². The van der Waals surface area contributed by atoms with Crippen LogP contribution in [0.1, 0.15) is 24.5 Å². The van der Waals surface area contributed by atoms with E-state index >= 15 is 0 Å². The molecule has 0 saturated heterocycles. The summed E-state index contributed by atoms with van der Waals surface area (Å²) in [5, 5.41) is 29.4. The second-order valence-electron chi connectivity index (χ2n) is 3.32. The minimum Gasteiger partial charge on any atom is -0.466 e. The van der Waals surface area contributed by atoms with Crippen LogP contribution in [-0.4, -0.2) is 38.8 Å². The fourth-order valence-electron chi connectivity index (χ4n) is 1.17.